The van der Waals surface area contributed by atoms with Crippen LogP contribution >= 0.6 is 0 Å². The van der Waals surface area contributed by atoms with E-state index >= 15 is 0 Å². The fraction of sp³-hybridized carbons (Fsp3) is 0.667. The summed E-state index contributed by atoms with van der Waals surface area (Å²) >= 11 is 0. The summed E-state index contributed by atoms with van der Waals surface area (Å²) in [5, 5.41) is 12.8. The van der Waals surface area contributed by atoms with Crippen LogP contribution in [0.3, 0.4) is 0 Å². The van der Waals surface area contributed by atoms with Gasteiger partial charge in [0, 0.05) is 6.54 Å². The van der Waals surface area contributed by atoms with Gasteiger partial charge in [0.15, 0.2) is 0 Å². The molecule has 0 aliphatic rings. The fourth-order valence-corrected chi connectivity index (χ4v) is 1.54. The van der Waals surface area contributed by atoms with Crippen molar-refractivity contribution in [2.24, 2.45) is 0 Å². The van der Waals surface area contributed by atoms with E-state index in [9.17, 15) is 5.11 Å². The van der Waals surface area contributed by atoms with Gasteiger partial charge in [-0.25, -0.2) is 9.97 Å². The van der Waals surface area contributed by atoms with Crippen molar-refractivity contribution in [2.75, 3.05) is 18.5 Å². The zero-order valence-electron chi connectivity index (χ0n) is 10.7. The van der Waals surface area contributed by atoms with Gasteiger partial charge < -0.3 is 15.2 Å². The van der Waals surface area contributed by atoms with Crippen LogP contribution in [0.5, 0.6) is 5.88 Å². The molecule has 17 heavy (non-hydrogen) atoms. The number of ether oxygens (including phenoxy) is 1. The Morgan fingerprint density at radius 1 is 1.41 bits per heavy atom. The number of hydrogen-bond acceptors (Lipinski definition) is 5. The highest BCUT2D eigenvalue weighted by Crippen LogP contribution is 2.20. The first-order valence-corrected chi connectivity index (χ1v) is 6.05. The molecule has 1 atom stereocenters. The maximum absolute atomic E-state index is 9.64. The number of anilines is 1. The second kappa shape index (κ2) is 7.06. The van der Waals surface area contributed by atoms with E-state index in [1.54, 1.807) is 0 Å². The molecule has 2 N–H and O–H groups in total. The molecule has 1 unspecified atom stereocenters. The van der Waals surface area contributed by atoms with Crippen LogP contribution in [0.2, 0.25) is 0 Å². The van der Waals surface area contributed by atoms with E-state index in [0.29, 0.717) is 19.0 Å². The highest BCUT2D eigenvalue weighted by molar-refractivity contribution is 5.47. The number of nitrogens with one attached hydrogen (secondary N) is 1. The van der Waals surface area contributed by atoms with Crippen molar-refractivity contribution in [3.63, 3.8) is 0 Å². The van der Waals surface area contributed by atoms with Crippen molar-refractivity contribution in [2.45, 2.75) is 39.7 Å². The molecule has 0 radical (unpaired) electrons. The van der Waals surface area contributed by atoms with Crippen LogP contribution in [-0.2, 0) is 0 Å². The molecule has 0 aromatic carbocycles. The minimum absolute atomic E-state index is 0.343. The molecule has 0 spiro atoms. The van der Waals surface area contributed by atoms with E-state index < -0.39 is 0 Å². The third-order valence-electron chi connectivity index (χ3n) is 2.45. The molecule has 96 valence electrons. The molecule has 0 aliphatic carbocycles. The molecule has 0 bridgehead atoms. The highest BCUT2D eigenvalue weighted by Gasteiger charge is 2.09. The molecule has 0 saturated carbocycles. The van der Waals surface area contributed by atoms with E-state index in [1.807, 2.05) is 20.8 Å². The Morgan fingerprint density at radius 2 is 2.18 bits per heavy atom. The molecule has 1 aromatic heterocycles. The van der Waals surface area contributed by atoms with Crippen LogP contribution in [0.25, 0.3) is 0 Å². The van der Waals surface area contributed by atoms with Gasteiger partial charge >= 0.3 is 0 Å². The van der Waals surface area contributed by atoms with Crippen LogP contribution in [-0.4, -0.2) is 34.3 Å². The summed E-state index contributed by atoms with van der Waals surface area (Å²) in [4.78, 5) is 8.20. The van der Waals surface area contributed by atoms with Gasteiger partial charge in [-0.2, -0.15) is 0 Å². The van der Waals surface area contributed by atoms with Crippen LogP contribution < -0.4 is 10.1 Å². The lowest BCUT2D eigenvalue weighted by molar-refractivity contribution is 0.176. The minimum atomic E-state index is -0.343. The minimum Gasteiger partial charge on any atom is -0.478 e. The summed E-state index contributed by atoms with van der Waals surface area (Å²) in [7, 11) is 0. The number of rotatable bonds is 7. The monoisotopic (exact) mass is 239 g/mol. The zero-order chi connectivity index (χ0) is 12.7. The SMILES string of the molecule is CCCC(O)CNc1ncnc(OCC)c1C. The van der Waals surface area contributed by atoms with E-state index in [0.717, 1.165) is 24.2 Å². The Kier molecular flexibility index (Phi) is 5.69. The zero-order valence-corrected chi connectivity index (χ0v) is 10.7. The Labute approximate surface area is 102 Å². The Balaban J connectivity index is 2.61. The molecule has 0 amide bonds. The lowest BCUT2D eigenvalue weighted by Gasteiger charge is -2.14. The number of aliphatic hydroxyl groups excluding tert-OH is 1. The number of aliphatic hydroxyl groups is 1. The Morgan fingerprint density at radius 3 is 2.82 bits per heavy atom. The first-order chi connectivity index (χ1) is 8.19. The first-order valence-electron chi connectivity index (χ1n) is 6.05. The van der Waals surface area contributed by atoms with Crippen molar-refractivity contribution >= 4 is 5.82 Å². The predicted molar refractivity (Wildman–Crippen MR) is 67.3 cm³/mol. The largest absolute Gasteiger partial charge is 0.478 e. The molecular formula is C12H21N3O2. The van der Waals surface area contributed by atoms with E-state index in [2.05, 4.69) is 15.3 Å². The summed E-state index contributed by atoms with van der Waals surface area (Å²) in [6, 6.07) is 0. The summed E-state index contributed by atoms with van der Waals surface area (Å²) in [6.07, 6.45) is 2.88. The van der Waals surface area contributed by atoms with E-state index in [4.69, 9.17) is 4.74 Å². The molecule has 1 heterocycles. The molecule has 1 aromatic rings. The molecule has 5 nitrogen and oxygen atoms in total. The van der Waals surface area contributed by atoms with Crippen molar-refractivity contribution in [1.29, 1.82) is 0 Å². The average molecular weight is 239 g/mol. The van der Waals surface area contributed by atoms with Gasteiger partial charge in [0.1, 0.15) is 12.1 Å². The lowest BCUT2D eigenvalue weighted by atomic mass is 10.2. The Bertz CT molecular complexity index is 345. The number of nitrogens with zero attached hydrogens (tertiary/aromatic N) is 2. The number of hydrogen-bond donors (Lipinski definition) is 2. The van der Waals surface area contributed by atoms with Gasteiger partial charge in [-0.15, -0.1) is 0 Å². The first kappa shape index (κ1) is 13.7. The second-order valence-electron chi connectivity index (χ2n) is 3.91. The van der Waals surface area contributed by atoms with Gasteiger partial charge in [-0.05, 0) is 20.3 Å². The van der Waals surface area contributed by atoms with Crippen molar-refractivity contribution in [3.8, 4) is 5.88 Å². The van der Waals surface area contributed by atoms with E-state index in [1.165, 1.54) is 6.33 Å². The highest BCUT2D eigenvalue weighted by atomic mass is 16.5. The topological polar surface area (TPSA) is 67.3 Å². The second-order valence-corrected chi connectivity index (χ2v) is 3.91. The fourth-order valence-electron chi connectivity index (χ4n) is 1.54. The molecule has 0 saturated heterocycles. The van der Waals surface area contributed by atoms with Crippen LogP contribution in [0.4, 0.5) is 5.82 Å². The summed E-state index contributed by atoms with van der Waals surface area (Å²) in [5.41, 5.74) is 0.873. The third-order valence-corrected chi connectivity index (χ3v) is 2.45. The van der Waals surface area contributed by atoms with Gasteiger partial charge in [0.2, 0.25) is 5.88 Å². The normalized spacial score (nSPS) is 12.2. The maximum Gasteiger partial charge on any atom is 0.221 e. The quantitative estimate of drug-likeness (QED) is 0.759. The molecule has 5 heteroatoms. The standard InChI is InChI=1S/C12H21N3O2/c1-4-6-10(16)7-13-11-9(3)12(17-5-2)15-8-14-11/h8,10,16H,4-7H2,1-3H3,(H,13,14,15). The number of aromatic nitrogens is 2. The maximum atomic E-state index is 9.64. The summed E-state index contributed by atoms with van der Waals surface area (Å²) in [5.74, 6) is 1.31. The van der Waals surface area contributed by atoms with Gasteiger partial charge in [-0.1, -0.05) is 13.3 Å². The van der Waals surface area contributed by atoms with Crippen LogP contribution in [0.15, 0.2) is 6.33 Å². The average Bonchev–Trinajstić information content (AvgIpc) is 2.31. The van der Waals surface area contributed by atoms with Crippen molar-refractivity contribution in [3.05, 3.63) is 11.9 Å². The smallest absolute Gasteiger partial charge is 0.221 e. The summed E-state index contributed by atoms with van der Waals surface area (Å²) < 4.78 is 5.38. The molecular weight excluding hydrogens is 218 g/mol. The van der Waals surface area contributed by atoms with Gasteiger partial charge in [0.05, 0.1) is 18.3 Å². The van der Waals surface area contributed by atoms with Crippen molar-refractivity contribution in [1.82, 2.24) is 9.97 Å². The van der Waals surface area contributed by atoms with Crippen molar-refractivity contribution < 1.29 is 9.84 Å². The summed E-state index contributed by atoms with van der Waals surface area (Å²) in [6.45, 7) is 6.94. The van der Waals surface area contributed by atoms with Gasteiger partial charge in [0.25, 0.3) is 0 Å². The Hall–Kier alpha value is -1.36. The van der Waals surface area contributed by atoms with Crippen LogP contribution in [0.1, 0.15) is 32.3 Å². The lowest BCUT2D eigenvalue weighted by Crippen LogP contribution is -2.20. The molecule has 1 rings (SSSR count). The van der Waals surface area contributed by atoms with Gasteiger partial charge in [-0.3, -0.25) is 0 Å². The molecule has 0 fully saturated rings. The molecule has 0 aliphatic heterocycles. The third kappa shape index (κ3) is 4.19. The van der Waals surface area contributed by atoms with E-state index in [-0.39, 0.29) is 6.10 Å². The predicted octanol–water partition coefficient (Wildman–Crippen LogP) is 1.76. The van der Waals surface area contributed by atoms with Crippen LogP contribution in [0, 0.1) is 6.92 Å².